The molecule has 1 aromatic rings. The molecule has 1 amide bonds. The molecule has 1 rings (SSSR count). The van der Waals surface area contributed by atoms with Gasteiger partial charge >= 0.3 is 5.97 Å². The Morgan fingerprint density at radius 2 is 2.33 bits per heavy atom. The third-order valence-corrected chi connectivity index (χ3v) is 3.75. The Hall–Kier alpha value is -1.12. The largest absolute Gasteiger partial charge is 0.480 e. The second-order valence-corrected chi connectivity index (χ2v) is 5.54. The fourth-order valence-electron chi connectivity index (χ4n) is 1.14. The van der Waals surface area contributed by atoms with E-state index in [4.69, 9.17) is 10.2 Å². The van der Waals surface area contributed by atoms with Gasteiger partial charge in [0, 0.05) is 11.1 Å². The zero-order valence-electron chi connectivity index (χ0n) is 9.75. The number of aliphatic hydroxyl groups is 1. The van der Waals surface area contributed by atoms with Crippen LogP contribution in [0.15, 0.2) is 5.38 Å². The van der Waals surface area contributed by atoms with Gasteiger partial charge in [-0.1, -0.05) is 0 Å². The summed E-state index contributed by atoms with van der Waals surface area (Å²) in [5.74, 6) is -0.908. The van der Waals surface area contributed by atoms with Crippen molar-refractivity contribution >= 4 is 35.0 Å². The van der Waals surface area contributed by atoms with Crippen molar-refractivity contribution in [2.24, 2.45) is 0 Å². The molecular formula is C10H14N2O4S2. The molecule has 0 aliphatic heterocycles. The number of aliphatic carboxylic acids is 1. The van der Waals surface area contributed by atoms with Crippen LogP contribution in [-0.2, 0) is 15.3 Å². The molecule has 0 fully saturated rings. The van der Waals surface area contributed by atoms with E-state index >= 15 is 0 Å². The normalized spacial score (nSPS) is 12.1. The van der Waals surface area contributed by atoms with Crippen LogP contribution in [-0.4, -0.2) is 45.5 Å². The van der Waals surface area contributed by atoms with Crippen LogP contribution in [0.5, 0.6) is 0 Å². The number of hydrogen-bond donors (Lipinski definition) is 3. The van der Waals surface area contributed by atoms with Crippen molar-refractivity contribution in [3.05, 3.63) is 16.1 Å². The van der Waals surface area contributed by atoms with Crippen LogP contribution in [0.2, 0.25) is 0 Å². The summed E-state index contributed by atoms with van der Waals surface area (Å²) in [6.45, 7) is 1.29. The van der Waals surface area contributed by atoms with Crippen molar-refractivity contribution in [2.75, 3.05) is 12.4 Å². The molecule has 0 unspecified atom stereocenters. The molecule has 8 heteroatoms. The Bertz CT molecular complexity index is 422. The highest BCUT2D eigenvalue weighted by molar-refractivity contribution is 7.99. The van der Waals surface area contributed by atoms with Crippen molar-refractivity contribution in [3.63, 3.8) is 0 Å². The summed E-state index contributed by atoms with van der Waals surface area (Å²) in [7, 11) is 0. The SMILES string of the molecule is Cc1nc(CSCC(=O)N[C@H](CO)C(=O)O)cs1. The topological polar surface area (TPSA) is 99.5 Å². The smallest absolute Gasteiger partial charge is 0.328 e. The number of carboxylic acid groups (broad SMARTS) is 1. The van der Waals surface area contributed by atoms with Gasteiger partial charge in [-0.2, -0.15) is 0 Å². The predicted molar refractivity (Wildman–Crippen MR) is 69.7 cm³/mol. The van der Waals surface area contributed by atoms with Gasteiger partial charge in [0.2, 0.25) is 5.91 Å². The predicted octanol–water partition coefficient (Wildman–Crippen LogP) is 0.246. The van der Waals surface area contributed by atoms with Gasteiger partial charge in [0.15, 0.2) is 0 Å². The molecule has 0 spiro atoms. The molecule has 3 N–H and O–H groups in total. The van der Waals surface area contributed by atoms with E-state index in [1.54, 1.807) is 11.3 Å². The first kappa shape index (κ1) is 14.9. The third kappa shape index (κ3) is 5.03. The van der Waals surface area contributed by atoms with Gasteiger partial charge in [-0.25, -0.2) is 9.78 Å². The number of aromatic nitrogens is 1. The monoisotopic (exact) mass is 290 g/mol. The first-order chi connectivity index (χ1) is 8.52. The number of thiazole rings is 1. The summed E-state index contributed by atoms with van der Waals surface area (Å²) >= 11 is 2.90. The van der Waals surface area contributed by atoms with Crippen molar-refractivity contribution in [1.29, 1.82) is 0 Å². The number of aliphatic hydroxyl groups excluding tert-OH is 1. The lowest BCUT2D eigenvalue weighted by Gasteiger charge is -2.10. The summed E-state index contributed by atoms with van der Waals surface area (Å²) < 4.78 is 0. The molecule has 100 valence electrons. The van der Waals surface area contributed by atoms with E-state index in [0.29, 0.717) is 5.75 Å². The molecule has 0 radical (unpaired) electrons. The summed E-state index contributed by atoms with van der Waals surface area (Å²) in [5.41, 5.74) is 0.909. The lowest BCUT2D eigenvalue weighted by molar-refractivity contribution is -0.142. The standard InChI is InChI=1S/C10H14N2O4S2/c1-6-11-7(4-18-6)3-17-5-9(14)12-8(2-13)10(15)16/h4,8,13H,2-3,5H2,1H3,(H,12,14)(H,15,16)/t8-/m1/s1. The number of carbonyl (C=O) groups excluding carboxylic acids is 1. The maximum absolute atomic E-state index is 11.4. The van der Waals surface area contributed by atoms with Gasteiger partial charge in [-0.3, -0.25) is 4.79 Å². The molecule has 0 bridgehead atoms. The Morgan fingerprint density at radius 1 is 1.61 bits per heavy atom. The highest BCUT2D eigenvalue weighted by Gasteiger charge is 2.18. The van der Waals surface area contributed by atoms with Gasteiger partial charge < -0.3 is 15.5 Å². The average molecular weight is 290 g/mol. The van der Waals surface area contributed by atoms with E-state index in [1.165, 1.54) is 11.8 Å². The second-order valence-electron chi connectivity index (χ2n) is 3.49. The zero-order chi connectivity index (χ0) is 13.5. The Labute approximate surface area is 112 Å². The minimum Gasteiger partial charge on any atom is -0.480 e. The van der Waals surface area contributed by atoms with E-state index in [2.05, 4.69) is 10.3 Å². The van der Waals surface area contributed by atoms with Crippen LogP contribution >= 0.6 is 23.1 Å². The molecule has 1 aromatic heterocycles. The van der Waals surface area contributed by atoms with Gasteiger partial charge in [0.1, 0.15) is 6.04 Å². The highest BCUT2D eigenvalue weighted by atomic mass is 32.2. The Balaban J connectivity index is 2.26. The fraction of sp³-hybridized carbons (Fsp3) is 0.500. The maximum Gasteiger partial charge on any atom is 0.328 e. The van der Waals surface area contributed by atoms with E-state index in [9.17, 15) is 9.59 Å². The van der Waals surface area contributed by atoms with Crippen molar-refractivity contribution in [3.8, 4) is 0 Å². The van der Waals surface area contributed by atoms with E-state index < -0.39 is 24.5 Å². The van der Waals surface area contributed by atoms with E-state index in [0.717, 1.165) is 10.7 Å². The molecule has 0 aliphatic rings. The molecular weight excluding hydrogens is 276 g/mol. The van der Waals surface area contributed by atoms with Crippen LogP contribution in [0.1, 0.15) is 10.7 Å². The lowest BCUT2D eigenvalue weighted by Crippen LogP contribution is -2.44. The van der Waals surface area contributed by atoms with Crippen molar-refractivity contribution < 1.29 is 19.8 Å². The summed E-state index contributed by atoms with van der Waals surface area (Å²) in [6.07, 6.45) is 0. The number of hydrogen-bond acceptors (Lipinski definition) is 6. The number of nitrogens with one attached hydrogen (secondary N) is 1. The second kappa shape index (κ2) is 7.34. The molecule has 0 saturated carbocycles. The zero-order valence-corrected chi connectivity index (χ0v) is 11.4. The molecule has 0 saturated heterocycles. The average Bonchev–Trinajstić information content (AvgIpc) is 2.71. The quantitative estimate of drug-likeness (QED) is 0.665. The molecule has 0 aromatic carbocycles. The number of rotatable bonds is 7. The highest BCUT2D eigenvalue weighted by Crippen LogP contribution is 2.14. The van der Waals surface area contributed by atoms with Crippen molar-refractivity contribution in [2.45, 2.75) is 18.7 Å². The number of thioether (sulfide) groups is 1. The number of carboxylic acids is 1. The maximum atomic E-state index is 11.4. The first-order valence-electron chi connectivity index (χ1n) is 5.14. The minimum absolute atomic E-state index is 0.139. The third-order valence-electron chi connectivity index (χ3n) is 1.97. The fourth-order valence-corrected chi connectivity index (χ4v) is 2.59. The van der Waals surface area contributed by atoms with Crippen molar-refractivity contribution in [1.82, 2.24) is 10.3 Å². The van der Waals surface area contributed by atoms with Gasteiger partial charge in [0.25, 0.3) is 0 Å². The summed E-state index contributed by atoms with van der Waals surface area (Å²) in [5, 5.41) is 22.5. The van der Waals surface area contributed by atoms with Gasteiger partial charge in [0.05, 0.1) is 23.1 Å². The molecule has 1 heterocycles. The first-order valence-corrected chi connectivity index (χ1v) is 7.18. The summed E-state index contributed by atoms with van der Waals surface area (Å²) in [4.78, 5) is 26.2. The molecule has 1 atom stereocenters. The Kier molecular flexibility index (Phi) is 6.10. The molecule has 18 heavy (non-hydrogen) atoms. The van der Waals surface area contributed by atoms with Crippen LogP contribution in [0.4, 0.5) is 0 Å². The number of amides is 1. The lowest BCUT2D eigenvalue weighted by atomic mass is 10.3. The number of nitrogens with zero attached hydrogens (tertiary/aromatic N) is 1. The molecule has 0 aliphatic carbocycles. The number of carbonyl (C=O) groups is 2. The van der Waals surface area contributed by atoms with Crippen LogP contribution in [0.3, 0.4) is 0 Å². The van der Waals surface area contributed by atoms with Gasteiger partial charge in [-0.15, -0.1) is 23.1 Å². The van der Waals surface area contributed by atoms with E-state index in [1.807, 2.05) is 12.3 Å². The molecule has 6 nitrogen and oxygen atoms in total. The Morgan fingerprint density at radius 3 is 2.83 bits per heavy atom. The number of aryl methyl sites for hydroxylation is 1. The van der Waals surface area contributed by atoms with E-state index in [-0.39, 0.29) is 5.75 Å². The van der Waals surface area contributed by atoms with Crippen LogP contribution < -0.4 is 5.32 Å². The van der Waals surface area contributed by atoms with Gasteiger partial charge in [-0.05, 0) is 6.92 Å². The van der Waals surface area contributed by atoms with Crippen LogP contribution in [0, 0.1) is 6.92 Å². The summed E-state index contributed by atoms with van der Waals surface area (Å²) in [6, 6.07) is -1.24. The van der Waals surface area contributed by atoms with Crippen LogP contribution in [0.25, 0.3) is 0 Å². The minimum atomic E-state index is -1.24.